The summed E-state index contributed by atoms with van der Waals surface area (Å²) in [5, 5.41) is 10.2. The molecular weight excluding hydrogens is 278 g/mol. The second kappa shape index (κ2) is 6.89. The van der Waals surface area contributed by atoms with Crippen molar-refractivity contribution in [2.45, 2.75) is 71.3 Å². The van der Waals surface area contributed by atoms with Crippen molar-refractivity contribution < 1.29 is 0 Å². The molecule has 1 aliphatic rings. The predicted octanol–water partition coefficient (Wildman–Crippen LogP) is 3.92. The normalized spacial score (nSPS) is 20.4. The number of hydrogen-bond acceptors (Lipinski definition) is 4. The first kappa shape index (κ1) is 16.5. The summed E-state index contributed by atoms with van der Waals surface area (Å²) >= 11 is 1.74. The Hall–Kier alpha value is -0.920. The van der Waals surface area contributed by atoms with Crippen LogP contribution in [0.1, 0.15) is 62.5 Å². The van der Waals surface area contributed by atoms with E-state index >= 15 is 0 Å². The van der Waals surface area contributed by atoms with Gasteiger partial charge in [-0.25, -0.2) is 4.98 Å². The lowest BCUT2D eigenvalue weighted by Crippen LogP contribution is -2.38. The van der Waals surface area contributed by atoms with Gasteiger partial charge in [-0.3, -0.25) is 0 Å². The molecule has 1 atom stereocenters. The third-order valence-corrected chi connectivity index (χ3v) is 5.36. The average Bonchev–Trinajstić information content (AvgIpc) is 2.81. The first-order valence-corrected chi connectivity index (χ1v) is 8.83. The van der Waals surface area contributed by atoms with Crippen molar-refractivity contribution in [1.82, 2.24) is 9.88 Å². The zero-order chi connectivity index (χ0) is 15.5. The van der Waals surface area contributed by atoms with Crippen molar-refractivity contribution in [3.8, 4) is 6.07 Å². The molecule has 1 aromatic heterocycles. The molecule has 2 heterocycles. The molecule has 0 spiro atoms. The van der Waals surface area contributed by atoms with Gasteiger partial charge in [0.2, 0.25) is 0 Å². The molecule has 1 aliphatic heterocycles. The Morgan fingerprint density at radius 2 is 2.14 bits per heavy atom. The third-order valence-electron chi connectivity index (χ3n) is 4.25. The van der Waals surface area contributed by atoms with Gasteiger partial charge in [-0.2, -0.15) is 5.26 Å². The average molecular weight is 305 g/mol. The molecular formula is C17H27N3S. The molecule has 0 aromatic carbocycles. The molecule has 2 rings (SSSR count). The number of rotatable bonds is 4. The van der Waals surface area contributed by atoms with E-state index in [0.717, 1.165) is 23.5 Å². The SMILES string of the molecule is CC1CCCCN1CCc1nc(C(C)(C)C)c(CC#N)s1. The summed E-state index contributed by atoms with van der Waals surface area (Å²) in [6, 6.07) is 2.99. The molecule has 0 amide bonds. The van der Waals surface area contributed by atoms with Crippen molar-refractivity contribution in [2.24, 2.45) is 0 Å². The lowest BCUT2D eigenvalue weighted by atomic mass is 9.91. The smallest absolute Gasteiger partial charge is 0.0944 e. The maximum Gasteiger partial charge on any atom is 0.0944 e. The van der Waals surface area contributed by atoms with Gasteiger partial charge in [-0.05, 0) is 26.3 Å². The van der Waals surface area contributed by atoms with Crippen molar-refractivity contribution >= 4 is 11.3 Å². The summed E-state index contributed by atoms with van der Waals surface area (Å²) in [5.41, 5.74) is 1.15. The van der Waals surface area contributed by atoms with E-state index < -0.39 is 0 Å². The van der Waals surface area contributed by atoms with Crippen LogP contribution in [0.25, 0.3) is 0 Å². The van der Waals surface area contributed by atoms with Gasteiger partial charge in [0, 0.05) is 29.3 Å². The highest BCUT2D eigenvalue weighted by Gasteiger charge is 2.24. The fourth-order valence-corrected chi connectivity index (χ4v) is 4.21. The second-order valence-corrected chi connectivity index (χ2v) is 8.26. The van der Waals surface area contributed by atoms with E-state index in [4.69, 9.17) is 10.2 Å². The van der Waals surface area contributed by atoms with Gasteiger partial charge < -0.3 is 4.90 Å². The minimum atomic E-state index is 0.0271. The van der Waals surface area contributed by atoms with Crippen LogP contribution in [0.3, 0.4) is 0 Å². The van der Waals surface area contributed by atoms with Crippen LogP contribution in [0, 0.1) is 11.3 Å². The largest absolute Gasteiger partial charge is 0.300 e. The van der Waals surface area contributed by atoms with Crippen molar-refractivity contribution in [3.05, 3.63) is 15.6 Å². The standard InChI is InChI=1S/C17H27N3S/c1-13-7-5-6-11-20(13)12-9-15-19-16(17(2,3)4)14(21-15)8-10-18/h13H,5-9,11-12H2,1-4H3. The molecule has 0 aliphatic carbocycles. The van der Waals surface area contributed by atoms with Crippen molar-refractivity contribution in [3.63, 3.8) is 0 Å². The molecule has 1 fully saturated rings. The van der Waals surface area contributed by atoms with Crippen LogP contribution >= 0.6 is 11.3 Å². The predicted molar refractivity (Wildman–Crippen MR) is 88.7 cm³/mol. The van der Waals surface area contributed by atoms with E-state index in [9.17, 15) is 0 Å². The van der Waals surface area contributed by atoms with Crippen LogP contribution in [0.5, 0.6) is 0 Å². The highest BCUT2D eigenvalue weighted by atomic mass is 32.1. The Bertz CT molecular complexity index is 507. The number of aromatic nitrogens is 1. The van der Waals surface area contributed by atoms with E-state index in [0.29, 0.717) is 12.5 Å². The highest BCUT2D eigenvalue weighted by Crippen LogP contribution is 2.30. The Morgan fingerprint density at radius 1 is 1.38 bits per heavy atom. The minimum absolute atomic E-state index is 0.0271. The Morgan fingerprint density at radius 3 is 2.76 bits per heavy atom. The third kappa shape index (κ3) is 4.28. The number of likely N-dealkylation sites (tertiary alicyclic amines) is 1. The summed E-state index contributed by atoms with van der Waals surface area (Å²) < 4.78 is 0. The Balaban J connectivity index is 2.05. The first-order valence-electron chi connectivity index (χ1n) is 8.02. The molecule has 1 unspecified atom stereocenters. The van der Waals surface area contributed by atoms with Crippen LogP contribution in [0.15, 0.2) is 0 Å². The van der Waals surface area contributed by atoms with Crippen LogP contribution in [-0.4, -0.2) is 29.0 Å². The van der Waals surface area contributed by atoms with Crippen LogP contribution in [-0.2, 0) is 18.3 Å². The van der Waals surface area contributed by atoms with Gasteiger partial charge in [0.1, 0.15) is 0 Å². The molecule has 116 valence electrons. The summed E-state index contributed by atoms with van der Waals surface area (Å²) in [6.45, 7) is 11.2. The number of hydrogen-bond donors (Lipinski definition) is 0. The molecule has 0 bridgehead atoms. The molecule has 0 radical (unpaired) electrons. The fourth-order valence-electron chi connectivity index (χ4n) is 3.01. The van der Waals surface area contributed by atoms with Gasteiger partial charge in [0.25, 0.3) is 0 Å². The lowest BCUT2D eigenvalue weighted by molar-refractivity contribution is 0.163. The quantitative estimate of drug-likeness (QED) is 0.846. The van der Waals surface area contributed by atoms with Gasteiger partial charge >= 0.3 is 0 Å². The fraction of sp³-hybridized carbons (Fsp3) is 0.765. The molecule has 4 heteroatoms. The Kier molecular flexibility index (Phi) is 5.40. The van der Waals surface area contributed by atoms with Crippen LogP contribution in [0.2, 0.25) is 0 Å². The van der Waals surface area contributed by atoms with Crippen LogP contribution < -0.4 is 0 Å². The molecule has 1 aromatic rings. The lowest BCUT2D eigenvalue weighted by Gasteiger charge is -2.33. The molecule has 0 saturated carbocycles. The van der Waals surface area contributed by atoms with Crippen molar-refractivity contribution in [2.75, 3.05) is 13.1 Å². The Labute approximate surface area is 133 Å². The zero-order valence-corrected chi connectivity index (χ0v) is 14.6. The van der Waals surface area contributed by atoms with Gasteiger partial charge in [-0.1, -0.05) is 27.2 Å². The second-order valence-electron chi connectivity index (χ2n) is 7.10. The van der Waals surface area contributed by atoms with E-state index in [2.05, 4.69) is 38.7 Å². The monoisotopic (exact) mass is 305 g/mol. The minimum Gasteiger partial charge on any atom is -0.300 e. The van der Waals surface area contributed by atoms with Crippen molar-refractivity contribution in [1.29, 1.82) is 5.26 Å². The zero-order valence-electron chi connectivity index (χ0n) is 13.8. The van der Waals surface area contributed by atoms with Gasteiger partial charge in [0.05, 0.1) is 23.2 Å². The summed E-state index contributed by atoms with van der Waals surface area (Å²) in [4.78, 5) is 8.60. The number of thiazole rings is 1. The highest BCUT2D eigenvalue weighted by molar-refractivity contribution is 7.11. The van der Waals surface area contributed by atoms with E-state index in [1.54, 1.807) is 11.3 Å². The van der Waals surface area contributed by atoms with Gasteiger partial charge in [-0.15, -0.1) is 11.3 Å². The number of piperidine rings is 1. The van der Waals surface area contributed by atoms with Crippen LogP contribution in [0.4, 0.5) is 0 Å². The van der Waals surface area contributed by atoms with Gasteiger partial charge in [0.15, 0.2) is 0 Å². The van der Waals surface area contributed by atoms with E-state index in [1.807, 2.05) is 0 Å². The molecule has 0 N–H and O–H groups in total. The molecule has 21 heavy (non-hydrogen) atoms. The maximum atomic E-state index is 9.01. The number of nitrogens with zero attached hydrogens (tertiary/aromatic N) is 3. The molecule has 1 saturated heterocycles. The van der Waals surface area contributed by atoms with E-state index in [1.165, 1.54) is 30.8 Å². The maximum absolute atomic E-state index is 9.01. The summed E-state index contributed by atoms with van der Waals surface area (Å²) in [7, 11) is 0. The number of nitriles is 1. The summed E-state index contributed by atoms with van der Waals surface area (Å²) in [6.07, 6.45) is 5.53. The van der Waals surface area contributed by atoms with E-state index in [-0.39, 0.29) is 5.41 Å². The molecule has 3 nitrogen and oxygen atoms in total. The summed E-state index contributed by atoms with van der Waals surface area (Å²) in [5.74, 6) is 0. The topological polar surface area (TPSA) is 39.9 Å². The first-order chi connectivity index (χ1) is 9.91.